The molecule has 28 heavy (non-hydrogen) atoms. The van der Waals surface area contributed by atoms with E-state index in [4.69, 9.17) is 4.74 Å². The fourth-order valence-electron chi connectivity index (χ4n) is 3.22. The van der Waals surface area contributed by atoms with E-state index in [2.05, 4.69) is 39.7 Å². The summed E-state index contributed by atoms with van der Waals surface area (Å²) in [6.45, 7) is 8.62. The van der Waals surface area contributed by atoms with Gasteiger partial charge in [0.05, 0.1) is 19.8 Å². The van der Waals surface area contributed by atoms with Crippen LogP contribution in [0.3, 0.4) is 0 Å². The second kappa shape index (κ2) is 11.6. The highest BCUT2D eigenvalue weighted by Crippen LogP contribution is 2.13. The highest BCUT2D eigenvalue weighted by molar-refractivity contribution is 5.94. The summed E-state index contributed by atoms with van der Waals surface area (Å²) in [5.74, 6) is 0.501. The summed E-state index contributed by atoms with van der Waals surface area (Å²) in [6, 6.07) is 6.20. The molecule has 2 rings (SSSR count). The molecule has 1 atom stereocenters. The lowest BCUT2D eigenvalue weighted by Crippen LogP contribution is -2.51. The topological polar surface area (TPSA) is 78.0 Å². The van der Waals surface area contributed by atoms with Gasteiger partial charge in [-0.1, -0.05) is 19.9 Å². The van der Waals surface area contributed by atoms with Crippen LogP contribution < -0.4 is 16.0 Å². The van der Waals surface area contributed by atoms with Crippen molar-refractivity contribution in [2.75, 3.05) is 51.8 Å². The molecule has 1 aromatic carbocycles. The first-order valence-corrected chi connectivity index (χ1v) is 9.79. The number of guanidine groups is 1. The average molecular weight is 394 g/mol. The van der Waals surface area contributed by atoms with Crippen molar-refractivity contribution < 1.29 is 13.9 Å². The minimum Gasteiger partial charge on any atom is -0.379 e. The lowest BCUT2D eigenvalue weighted by Gasteiger charge is -2.35. The quantitative estimate of drug-likeness (QED) is 0.463. The van der Waals surface area contributed by atoms with Gasteiger partial charge in [-0.3, -0.25) is 14.7 Å². The van der Waals surface area contributed by atoms with Crippen molar-refractivity contribution in [3.05, 3.63) is 30.1 Å². The standard InChI is InChI=1S/C20H32FN5O2/c1-15(2)11-18(26-7-9-28-10-8-26)13-23-20(22-3)24-14-19(27)25-17-6-4-5-16(21)12-17/h4-6,12,15,18H,7-11,13-14H2,1-3H3,(H,25,27)(H2,22,23,24). The van der Waals surface area contributed by atoms with Crippen molar-refractivity contribution in [3.63, 3.8) is 0 Å². The van der Waals surface area contributed by atoms with Gasteiger partial charge in [0.25, 0.3) is 0 Å². The molecule has 1 saturated heterocycles. The maximum atomic E-state index is 13.2. The van der Waals surface area contributed by atoms with E-state index in [0.29, 0.717) is 23.6 Å². The van der Waals surface area contributed by atoms with Crippen LogP contribution in [-0.2, 0) is 9.53 Å². The van der Waals surface area contributed by atoms with Gasteiger partial charge in [-0.05, 0) is 30.5 Å². The molecule has 8 heteroatoms. The predicted octanol–water partition coefficient (Wildman–Crippen LogP) is 1.68. The van der Waals surface area contributed by atoms with E-state index in [1.807, 2.05) is 0 Å². The van der Waals surface area contributed by atoms with E-state index in [-0.39, 0.29) is 18.3 Å². The second-order valence-corrected chi connectivity index (χ2v) is 7.30. The van der Waals surface area contributed by atoms with Gasteiger partial charge in [-0.25, -0.2) is 4.39 Å². The highest BCUT2D eigenvalue weighted by atomic mass is 19.1. The van der Waals surface area contributed by atoms with Gasteiger partial charge >= 0.3 is 0 Å². The zero-order valence-corrected chi connectivity index (χ0v) is 17.0. The Bertz CT molecular complexity index is 647. The summed E-state index contributed by atoms with van der Waals surface area (Å²) in [4.78, 5) is 18.7. The molecule has 0 saturated carbocycles. The molecule has 3 N–H and O–H groups in total. The summed E-state index contributed by atoms with van der Waals surface area (Å²) in [7, 11) is 1.67. The number of morpholine rings is 1. The van der Waals surface area contributed by atoms with Gasteiger partial charge in [0, 0.05) is 38.4 Å². The average Bonchev–Trinajstić information content (AvgIpc) is 2.67. The number of ether oxygens (including phenoxy) is 1. The Morgan fingerprint density at radius 2 is 2.04 bits per heavy atom. The van der Waals surface area contributed by atoms with Crippen molar-refractivity contribution >= 4 is 17.6 Å². The summed E-state index contributed by atoms with van der Waals surface area (Å²) in [5, 5.41) is 8.98. The van der Waals surface area contributed by atoms with E-state index in [1.54, 1.807) is 19.2 Å². The number of benzene rings is 1. The smallest absolute Gasteiger partial charge is 0.243 e. The van der Waals surface area contributed by atoms with Gasteiger partial charge in [0.2, 0.25) is 5.91 Å². The van der Waals surface area contributed by atoms with Crippen LogP contribution in [0.5, 0.6) is 0 Å². The molecule has 0 spiro atoms. The molecule has 156 valence electrons. The van der Waals surface area contributed by atoms with E-state index >= 15 is 0 Å². The van der Waals surface area contributed by atoms with Crippen molar-refractivity contribution in [1.29, 1.82) is 0 Å². The molecule has 1 aliphatic rings. The third kappa shape index (κ3) is 7.82. The molecular weight excluding hydrogens is 361 g/mol. The predicted molar refractivity (Wildman–Crippen MR) is 110 cm³/mol. The second-order valence-electron chi connectivity index (χ2n) is 7.30. The number of hydrogen-bond donors (Lipinski definition) is 3. The zero-order valence-electron chi connectivity index (χ0n) is 17.0. The van der Waals surface area contributed by atoms with Crippen LogP contribution in [0.25, 0.3) is 0 Å². The Hall–Kier alpha value is -2.19. The number of hydrogen-bond acceptors (Lipinski definition) is 4. The number of halogens is 1. The van der Waals surface area contributed by atoms with Crippen LogP contribution in [-0.4, -0.2) is 69.2 Å². The molecular formula is C20H32FN5O2. The molecule has 1 amide bonds. The van der Waals surface area contributed by atoms with E-state index in [1.165, 1.54) is 12.1 Å². The fourth-order valence-corrected chi connectivity index (χ4v) is 3.22. The van der Waals surface area contributed by atoms with Gasteiger partial charge in [0.15, 0.2) is 5.96 Å². The third-order valence-corrected chi connectivity index (χ3v) is 4.56. The molecule has 0 bridgehead atoms. The zero-order chi connectivity index (χ0) is 20.4. The molecule has 1 heterocycles. The molecule has 1 aromatic rings. The number of rotatable bonds is 8. The molecule has 7 nitrogen and oxygen atoms in total. The van der Waals surface area contributed by atoms with Crippen LogP contribution in [0, 0.1) is 11.7 Å². The van der Waals surface area contributed by atoms with Crippen LogP contribution in [0.4, 0.5) is 10.1 Å². The normalized spacial score (nSPS) is 16.7. The Morgan fingerprint density at radius 1 is 1.29 bits per heavy atom. The van der Waals surface area contributed by atoms with E-state index in [0.717, 1.165) is 39.3 Å². The fraction of sp³-hybridized carbons (Fsp3) is 0.600. The summed E-state index contributed by atoms with van der Waals surface area (Å²) in [5.41, 5.74) is 0.430. The van der Waals surface area contributed by atoms with Crippen molar-refractivity contribution in [1.82, 2.24) is 15.5 Å². The lowest BCUT2D eigenvalue weighted by atomic mass is 10.0. The van der Waals surface area contributed by atoms with Gasteiger partial charge < -0.3 is 20.7 Å². The van der Waals surface area contributed by atoms with Crippen molar-refractivity contribution in [2.24, 2.45) is 10.9 Å². The molecule has 0 aromatic heterocycles. The van der Waals surface area contributed by atoms with Crippen molar-refractivity contribution in [2.45, 2.75) is 26.3 Å². The molecule has 1 unspecified atom stereocenters. The number of nitrogens with zero attached hydrogens (tertiary/aromatic N) is 2. The SMILES string of the molecule is CN=C(NCC(=O)Nc1cccc(F)c1)NCC(CC(C)C)N1CCOCC1. The first-order valence-electron chi connectivity index (χ1n) is 9.79. The molecule has 0 radical (unpaired) electrons. The highest BCUT2D eigenvalue weighted by Gasteiger charge is 2.22. The maximum Gasteiger partial charge on any atom is 0.243 e. The summed E-state index contributed by atoms with van der Waals surface area (Å²) >= 11 is 0. The molecule has 1 fully saturated rings. The van der Waals surface area contributed by atoms with Crippen LogP contribution in [0.15, 0.2) is 29.3 Å². The van der Waals surface area contributed by atoms with E-state index < -0.39 is 0 Å². The lowest BCUT2D eigenvalue weighted by molar-refractivity contribution is -0.115. The molecule has 1 aliphatic heterocycles. The summed E-state index contributed by atoms with van der Waals surface area (Å²) in [6.07, 6.45) is 1.07. The largest absolute Gasteiger partial charge is 0.379 e. The monoisotopic (exact) mass is 393 g/mol. The van der Waals surface area contributed by atoms with Crippen LogP contribution >= 0.6 is 0 Å². The van der Waals surface area contributed by atoms with Gasteiger partial charge in [0.1, 0.15) is 5.82 Å². The van der Waals surface area contributed by atoms with Gasteiger partial charge in [-0.15, -0.1) is 0 Å². The first kappa shape index (κ1) is 22.1. The number of nitrogens with one attached hydrogen (secondary N) is 3. The number of aliphatic imine (C=N–C) groups is 1. The Labute approximate surface area is 166 Å². The Morgan fingerprint density at radius 3 is 2.68 bits per heavy atom. The maximum absolute atomic E-state index is 13.2. The van der Waals surface area contributed by atoms with Crippen molar-refractivity contribution in [3.8, 4) is 0 Å². The first-order chi connectivity index (χ1) is 13.5. The van der Waals surface area contributed by atoms with Crippen LogP contribution in [0.1, 0.15) is 20.3 Å². The minimum atomic E-state index is -0.387. The van der Waals surface area contributed by atoms with E-state index in [9.17, 15) is 9.18 Å². The minimum absolute atomic E-state index is 0.0442. The number of anilines is 1. The Kier molecular flexibility index (Phi) is 9.16. The Balaban J connectivity index is 1.80. The number of amides is 1. The molecule has 0 aliphatic carbocycles. The van der Waals surface area contributed by atoms with Gasteiger partial charge in [-0.2, -0.15) is 0 Å². The van der Waals surface area contributed by atoms with Crippen LogP contribution in [0.2, 0.25) is 0 Å². The number of carbonyl (C=O) groups is 1. The summed E-state index contributed by atoms with van der Waals surface area (Å²) < 4.78 is 18.7. The third-order valence-electron chi connectivity index (χ3n) is 4.56. The number of carbonyl (C=O) groups excluding carboxylic acids is 1.